The summed E-state index contributed by atoms with van der Waals surface area (Å²) >= 11 is 0. The molecule has 0 saturated heterocycles. The number of amides is 1. The van der Waals surface area contributed by atoms with Gasteiger partial charge in [-0.05, 0) is 38.9 Å². The number of hydrogen-bond donors (Lipinski definition) is 2. The molecule has 1 amide bonds. The Morgan fingerprint density at radius 3 is 2.38 bits per heavy atom. The first-order valence-electron chi connectivity index (χ1n) is 8.04. The minimum absolute atomic E-state index is 0. The molecular formula is C18H27ClN4O. The first-order chi connectivity index (χ1) is 10.9. The van der Waals surface area contributed by atoms with Crippen LogP contribution in [0, 0.1) is 6.92 Å². The molecule has 5 nitrogen and oxygen atoms in total. The first kappa shape index (κ1) is 20.2. The number of halogens is 1. The highest BCUT2D eigenvalue weighted by atomic mass is 35.5. The Hall–Kier alpha value is -1.85. The molecule has 0 aliphatic rings. The number of rotatable bonds is 6. The van der Waals surface area contributed by atoms with Crippen LogP contribution in [0.25, 0.3) is 5.69 Å². The van der Waals surface area contributed by atoms with Crippen LogP contribution in [0.2, 0.25) is 0 Å². The monoisotopic (exact) mass is 350 g/mol. The predicted molar refractivity (Wildman–Crippen MR) is 100 cm³/mol. The van der Waals surface area contributed by atoms with Crippen LogP contribution in [-0.4, -0.2) is 35.3 Å². The van der Waals surface area contributed by atoms with Crippen molar-refractivity contribution in [3.63, 3.8) is 0 Å². The summed E-state index contributed by atoms with van der Waals surface area (Å²) in [5.74, 6) is 0.121. The van der Waals surface area contributed by atoms with Crippen molar-refractivity contribution in [2.45, 2.75) is 39.7 Å². The van der Waals surface area contributed by atoms with E-state index in [-0.39, 0.29) is 30.3 Å². The van der Waals surface area contributed by atoms with Gasteiger partial charge in [0, 0.05) is 12.6 Å². The van der Waals surface area contributed by atoms with Crippen LogP contribution in [0.3, 0.4) is 0 Å². The Balaban J connectivity index is 0.00000288. The molecule has 1 heterocycles. The standard InChI is InChI=1S/C18H26N4O.ClH/c1-12(2)17-16(18(23)20-10-14(4)19-5)11-21-22(17)15-8-6-13(3)7-9-15;/h6-9,11-12,14,19H,10H2,1-5H3,(H,20,23);1H. The third-order valence-electron chi connectivity index (χ3n) is 3.94. The molecule has 1 unspecified atom stereocenters. The van der Waals surface area contributed by atoms with Crippen molar-refractivity contribution in [2.75, 3.05) is 13.6 Å². The molecule has 0 aliphatic heterocycles. The van der Waals surface area contributed by atoms with Gasteiger partial charge < -0.3 is 10.6 Å². The molecule has 0 spiro atoms. The second-order valence-corrected chi connectivity index (χ2v) is 6.25. The molecule has 0 bridgehead atoms. The SMILES string of the molecule is CNC(C)CNC(=O)c1cnn(-c2ccc(C)cc2)c1C(C)C.Cl. The van der Waals surface area contributed by atoms with Gasteiger partial charge in [-0.3, -0.25) is 4.79 Å². The largest absolute Gasteiger partial charge is 0.350 e. The third-order valence-corrected chi connectivity index (χ3v) is 3.94. The molecule has 0 radical (unpaired) electrons. The number of nitrogens with zero attached hydrogens (tertiary/aromatic N) is 2. The summed E-state index contributed by atoms with van der Waals surface area (Å²) in [6, 6.07) is 8.39. The van der Waals surface area contributed by atoms with Gasteiger partial charge in [-0.25, -0.2) is 4.68 Å². The number of aromatic nitrogens is 2. The fourth-order valence-corrected chi connectivity index (χ4v) is 2.42. The van der Waals surface area contributed by atoms with Crippen LogP contribution in [0.4, 0.5) is 0 Å². The van der Waals surface area contributed by atoms with Gasteiger partial charge in [-0.15, -0.1) is 12.4 Å². The smallest absolute Gasteiger partial charge is 0.254 e. The number of likely N-dealkylation sites (N-methyl/N-ethyl adjacent to an activating group) is 1. The molecule has 0 fully saturated rings. The molecule has 0 aliphatic carbocycles. The van der Waals surface area contributed by atoms with Crippen molar-refractivity contribution in [1.29, 1.82) is 0 Å². The highest BCUT2D eigenvalue weighted by Crippen LogP contribution is 2.23. The Labute approximate surface area is 150 Å². The van der Waals surface area contributed by atoms with E-state index in [1.54, 1.807) is 6.20 Å². The van der Waals surface area contributed by atoms with Crippen molar-refractivity contribution in [1.82, 2.24) is 20.4 Å². The number of hydrogen-bond acceptors (Lipinski definition) is 3. The summed E-state index contributed by atoms with van der Waals surface area (Å²) in [5.41, 5.74) is 3.75. The van der Waals surface area contributed by atoms with E-state index >= 15 is 0 Å². The quantitative estimate of drug-likeness (QED) is 0.841. The minimum atomic E-state index is -0.0749. The summed E-state index contributed by atoms with van der Waals surface area (Å²) in [6.45, 7) is 8.82. The van der Waals surface area contributed by atoms with E-state index in [0.717, 1.165) is 11.4 Å². The molecule has 1 aromatic carbocycles. The lowest BCUT2D eigenvalue weighted by atomic mass is 10.0. The Morgan fingerprint density at radius 1 is 1.21 bits per heavy atom. The fraction of sp³-hybridized carbons (Fsp3) is 0.444. The summed E-state index contributed by atoms with van der Waals surface area (Å²) in [5, 5.41) is 10.5. The molecule has 1 aromatic heterocycles. The summed E-state index contributed by atoms with van der Waals surface area (Å²) in [6.07, 6.45) is 1.66. The van der Waals surface area contributed by atoms with Crippen molar-refractivity contribution < 1.29 is 4.79 Å². The van der Waals surface area contributed by atoms with Gasteiger partial charge >= 0.3 is 0 Å². The number of benzene rings is 1. The first-order valence-corrected chi connectivity index (χ1v) is 8.04. The van der Waals surface area contributed by atoms with Crippen LogP contribution in [0.15, 0.2) is 30.5 Å². The maximum absolute atomic E-state index is 12.5. The molecule has 2 N–H and O–H groups in total. The molecule has 132 valence electrons. The molecule has 2 rings (SSSR count). The third kappa shape index (κ3) is 4.58. The lowest BCUT2D eigenvalue weighted by Crippen LogP contribution is -2.37. The highest BCUT2D eigenvalue weighted by molar-refractivity contribution is 5.95. The summed E-state index contributed by atoms with van der Waals surface area (Å²) < 4.78 is 1.86. The normalized spacial score (nSPS) is 11.9. The second kappa shape index (κ2) is 8.85. The topological polar surface area (TPSA) is 58.9 Å². The van der Waals surface area contributed by atoms with Crippen molar-refractivity contribution in [3.05, 3.63) is 47.3 Å². The Bertz CT molecular complexity index is 664. The van der Waals surface area contributed by atoms with Gasteiger partial charge in [0.05, 0.1) is 23.1 Å². The molecule has 6 heteroatoms. The van der Waals surface area contributed by atoms with E-state index in [0.29, 0.717) is 12.1 Å². The maximum Gasteiger partial charge on any atom is 0.254 e. The molecule has 0 saturated carbocycles. The van der Waals surface area contributed by atoms with Gasteiger partial charge in [0.2, 0.25) is 0 Å². The van der Waals surface area contributed by atoms with Gasteiger partial charge in [-0.1, -0.05) is 31.5 Å². The maximum atomic E-state index is 12.5. The van der Waals surface area contributed by atoms with E-state index < -0.39 is 0 Å². The molecular weight excluding hydrogens is 324 g/mol. The van der Waals surface area contributed by atoms with Crippen LogP contribution in [0.5, 0.6) is 0 Å². The molecule has 24 heavy (non-hydrogen) atoms. The van der Waals surface area contributed by atoms with Gasteiger partial charge in [0.15, 0.2) is 0 Å². The van der Waals surface area contributed by atoms with E-state index in [2.05, 4.69) is 48.6 Å². The average Bonchev–Trinajstić information content (AvgIpc) is 2.98. The number of carbonyl (C=O) groups excluding carboxylic acids is 1. The number of nitrogens with one attached hydrogen (secondary N) is 2. The molecule has 1 atom stereocenters. The number of carbonyl (C=O) groups is 1. The van der Waals surface area contributed by atoms with Crippen LogP contribution in [-0.2, 0) is 0 Å². The predicted octanol–water partition coefficient (Wildman–Crippen LogP) is 3.06. The van der Waals surface area contributed by atoms with E-state index in [1.807, 2.05) is 30.8 Å². The van der Waals surface area contributed by atoms with Crippen molar-refractivity contribution in [3.8, 4) is 5.69 Å². The average molecular weight is 351 g/mol. The fourth-order valence-electron chi connectivity index (χ4n) is 2.42. The van der Waals surface area contributed by atoms with Crippen LogP contribution >= 0.6 is 12.4 Å². The zero-order chi connectivity index (χ0) is 17.0. The van der Waals surface area contributed by atoms with E-state index in [1.165, 1.54) is 5.56 Å². The van der Waals surface area contributed by atoms with Crippen molar-refractivity contribution >= 4 is 18.3 Å². The Kier molecular flexibility index (Phi) is 7.45. The minimum Gasteiger partial charge on any atom is -0.350 e. The zero-order valence-electron chi connectivity index (χ0n) is 15.0. The number of aryl methyl sites for hydroxylation is 1. The lowest BCUT2D eigenvalue weighted by molar-refractivity contribution is 0.0949. The van der Waals surface area contributed by atoms with Crippen LogP contribution in [0.1, 0.15) is 48.3 Å². The van der Waals surface area contributed by atoms with E-state index in [4.69, 9.17) is 0 Å². The van der Waals surface area contributed by atoms with Gasteiger partial charge in [0.25, 0.3) is 5.91 Å². The van der Waals surface area contributed by atoms with E-state index in [9.17, 15) is 4.79 Å². The van der Waals surface area contributed by atoms with Crippen LogP contribution < -0.4 is 10.6 Å². The lowest BCUT2D eigenvalue weighted by Gasteiger charge is -2.14. The second-order valence-electron chi connectivity index (χ2n) is 6.25. The highest BCUT2D eigenvalue weighted by Gasteiger charge is 2.20. The molecule has 2 aromatic rings. The summed E-state index contributed by atoms with van der Waals surface area (Å²) in [4.78, 5) is 12.5. The van der Waals surface area contributed by atoms with Gasteiger partial charge in [0.1, 0.15) is 0 Å². The van der Waals surface area contributed by atoms with Gasteiger partial charge in [-0.2, -0.15) is 5.10 Å². The van der Waals surface area contributed by atoms with Crippen molar-refractivity contribution in [2.24, 2.45) is 0 Å². The summed E-state index contributed by atoms with van der Waals surface area (Å²) in [7, 11) is 1.88. The Morgan fingerprint density at radius 2 is 1.83 bits per heavy atom. The zero-order valence-corrected chi connectivity index (χ0v) is 15.8.